The van der Waals surface area contributed by atoms with Crippen molar-refractivity contribution < 1.29 is 27.8 Å². The van der Waals surface area contributed by atoms with Crippen LogP contribution >= 0.6 is 24.0 Å². The van der Waals surface area contributed by atoms with Crippen molar-refractivity contribution in [2.75, 3.05) is 27.9 Å². The van der Waals surface area contributed by atoms with Crippen molar-refractivity contribution in [1.82, 2.24) is 15.5 Å². The van der Waals surface area contributed by atoms with E-state index in [-0.39, 0.29) is 49.0 Å². The number of guanidine groups is 1. The second kappa shape index (κ2) is 11.7. The van der Waals surface area contributed by atoms with Crippen LogP contribution in [0.15, 0.2) is 41.4 Å². The molecule has 8 nitrogen and oxygen atoms in total. The van der Waals surface area contributed by atoms with E-state index >= 15 is 0 Å². The lowest BCUT2D eigenvalue weighted by molar-refractivity contribution is -0.0505. The molecule has 32 heavy (non-hydrogen) atoms. The number of ether oxygens (including phenoxy) is 3. The number of carbonyl (C=O) groups excluding carboxylic acids is 1. The predicted octanol–water partition coefficient (Wildman–Crippen LogP) is 3.20. The quantitative estimate of drug-likeness (QED) is 0.307. The van der Waals surface area contributed by atoms with Crippen LogP contribution < -0.4 is 24.8 Å². The van der Waals surface area contributed by atoms with Crippen LogP contribution in [0, 0.1) is 0 Å². The van der Waals surface area contributed by atoms with E-state index in [1.54, 1.807) is 39.3 Å². The summed E-state index contributed by atoms with van der Waals surface area (Å²) in [5.41, 5.74) is 2.02. The number of alkyl halides is 2. The number of benzene rings is 2. The van der Waals surface area contributed by atoms with Crippen LogP contribution in [0.25, 0.3) is 0 Å². The minimum Gasteiger partial charge on any atom is -0.454 e. The summed E-state index contributed by atoms with van der Waals surface area (Å²) in [7, 11) is 5.00. The Balaban J connectivity index is 0.00000363. The highest BCUT2D eigenvalue weighted by atomic mass is 127. The number of aliphatic imine (C=N–C) groups is 1. The normalized spacial score (nSPS) is 12.2. The van der Waals surface area contributed by atoms with E-state index in [1.165, 1.54) is 11.0 Å². The van der Waals surface area contributed by atoms with Gasteiger partial charge in [0.25, 0.3) is 5.91 Å². The van der Waals surface area contributed by atoms with Crippen molar-refractivity contribution in [3.63, 3.8) is 0 Å². The van der Waals surface area contributed by atoms with Gasteiger partial charge in [-0.2, -0.15) is 8.78 Å². The molecule has 0 fully saturated rings. The lowest BCUT2D eigenvalue weighted by Crippen LogP contribution is -2.36. The Morgan fingerprint density at radius 2 is 1.75 bits per heavy atom. The molecule has 0 aliphatic carbocycles. The number of amides is 1. The highest BCUT2D eigenvalue weighted by molar-refractivity contribution is 14.0. The van der Waals surface area contributed by atoms with Crippen LogP contribution in [-0.4, -0.2) is 51.3 Å². The Kier molecular flexibility index (Phi) is 9.29. The zero-order valence-electron chi connectivity index (χ0n) is 17.9. The first-order valence-electron chi connectivity index (χ1n) is 9.50. The molecule has 0 saturated carbocycles. The molecular formula is C21H25F2IN4O4. The van der Waals surface area contributed by atoms with Gasteiger partial charge in [-0.05, 0) is 23.8 Å². The van der Waals surface area contributed by atoms with E-state index in [4.69, 9.17) is 9.47 Å². The van der Waals surface area contributed by atoms with Gasteiger partial charge in [-0.15, -0.1) is 24.0 Å². The molecule has 1 heterocycles. The molecule has 1 aliphatic heterocycles. The second-order valence-electron chi connectivity index (χ2n) is 6.87. The number of fused-ring (bicyclic) bond motifs is 1. The van der Waals surface area contributed by atoms with Gasteiger partial charge in [-0.3, -0.25) is 9.79 Å². The standard InChI is InChI=1S/C21H24F2N4O4.HI/c1-24-21(25-10-13-4-6-14(7-5-13)19(28)27(2)3)26-11-15-8-17-18(30-12-29-17)9-16(15)31-20(22)23;/h4-9,20H,10-12H2,1-3H3,(H2,24,25,26);1H. The molecule has 1 aliphatic rings. The summed E-state index contributed by atoms with van der Waals surface area (Å²) in [6, 6.07) is 10.2. The van der Waals surface area contributed by atoms with Crippen molar-refractivity contribution in [2.24, 2.45) is 4.99 Å². The fourth-order valence-corrected chi connectivity index (χ4v) is 2.92. The monoisotopic (exact) mass is 562 g/mol. The van der Waals surface area contributed by atoms with Crippen molar-refractivity contribution in [3.05, 3.63) is 53.1 Å². The molecule has 0 bridgehead atoms. The maximum Gasteiger partial charge on any atom is 0.387 e. The minimum absolute atomic E-state index is 0. The summed E-state index contributed by atoms with van der Waals surface area (Å²) in [4.78, 5) is 17.6. The van der Waals surface area contributed by atoms with Gasteiger partial charge < -0.3 is 29.7 Å². The van der Waals surface area contributed by atoms with Gasteiger partial charge in [0.05, 0.1) is 0 Å². The zero-order chi connectivity index (χ0) is 22.4. The molecule has 11 heteroatoms. The summed E-state index contributed by atoms with van der Waals surface area (Å²) >= 11 is 0. The maximum absolute atomic E-state index is 12.8. The first-order valence-corrected chi connectivity index (χ1v) is 9.50. The molecule has 2 aromatic rings. The number of nitrogens with zero attached hydrogens (tertiary/aromatic N) is 2. The molecular weight excluding hydrogens is 537 g/mol. The summed E-state index contributed by atoms with van der Waals surface area (Å²) in [5, 5.41) is 6.20. The third kappa shape index (κ3) is 6.58. The summed E-state index contributed by atoms with van der Waals surface area (Å²) < 4.78 is 40.7. The molecule has 0 saturated heterocycles. The largest absolute Gasteiger partial charge is 0.454 e. The number of hydrogen-bond donors (Lipinski definition) is 2. The fraction of sp³-hybridized carbons (Fsp3) is 0.333. The van der Waals surface area contributed by atoms with Gasteiger partial charge in [0.15, 0.2) is 17.5 Å². The van der Waals surface area contributed by atoms with E-state index in [9.17, 15) is 13.6 Å². The van der Waals surface area contributed by atoms with Gasteiger partial charge in [-0.25, -0.2) is 0 Å². The third-order valence-electron chi connectivity index (χ3n) is 4.51. The van der Waals surface area contributed by atoms with Crippen LogP contribution in [0.5, 0.6) is 17.2 Å². The highest BCUT2D eigenvalue weighted by Gasteiger charge is 2.20. The van der Waals surface area contributed by atoms with E-state index < -0.39 is 6.61 Å². The second-order valence-corrected chi connectivity index (χ2v) is 6.87. The van der Waals surface area contributed by atoms with Crippen molar-refractivity contribution >= 4 is 35.8 Å². The SMILES string of the molecule is CN=C(NCc1ccc(C(=O)N(C)C)cc1)NCc1cc2c(cc1OC(F)F)OCO2.I. The van der Waals surface area contributed by atoms with Crippen molar-refractivity contribution in [3.8, 4) is 17.2 Å². The summed E-state index contributed by atoms with van der Waals surface area (Å²) in [6.07, 6.45) is 0. The van der Waals surface area contributed by atoms with Crippen molar-refractivity contribution in [1.29, 1.82) is 0 Å². The lowest BCUT2D eigenvalue weighted by atomic mass is 10.1. The third-order valence-corrected chi connectivity index (χ3v) is 4.51. The average molecular weight is 562 g/mol. The van der Waals surface area contributed by atoms with E-state index in [2.05, 4.69) is 20.4 Å². The molecule has 174 valence electrons. The average Bonchev–Trinajstić information content (AvgIpc) is 3.20. The van der Waals surface area contributed by atoms with E-state index in [1.807, 2.05) is 12.1 Å². The number of halogens is 3. The highest BCUT2D eigenvalue weighted by Crippen LogP contribution is 2.38. The topological polar surface area (TPSA) is 84.4 Å². The zero-order valence-corrected chi connectivity index (χ0v) is 20.2. The van der Waals surface area contributed by atoms with Gasteiger partial charge in [0.1, 0.15) is 5.75 Å². The number of rotatable bonds is 7. The minimum atomic E-state index is -2.96. The van der Waals surface area contributed by atoms with Gasteiger partial charge in [-0.1, -0.05) is 12.1 Å². The Morgan fingerprint density at radius 1 is 1.12 bits per heavy atom. The lowest BCUT2D eigenvalue weighted by Gasteiger charge is -2.15. The van der Waals surface area contributed by atoms with Crippen LogP contribution in [0.4, 0.5) is 8.78 Å². The molecule has 3 rings (SSSR count). The molecule has 0 spiro atoms. The van der Waals surface area contributed by atoms with Crippen LogP contribution in [0.3, 0.4) is 0 Å². The Bertz CT molecular complexity index is 956. The van der Waals surface area contributed by atoms with E-state index in [0.29, 0.717) is 35.1 Å². The van der Waals surface area contributed by atoms with Gasteiger partial charge >= 0.3 is 6.61 Å². The smallest absolute Gasteiger partial charge is 0.387 e. The Hall–Kier alpha value is -2.83. The summed E-state index contributed by atoms with van der Waals surface area (Å²) in [5.74, 6) is 1.23. The molecule has 0 unspecified atom stereocenters. The van der Waals surface area contributed by atoms with Crippen LogP contribution in [0.2, 0.25) is 0 Å². The fourth-order valence-electron chi connectivity index (χ4n) is 2.92. The molecule has 0 aromatic heterocycles. The first kappa shape index (κ1) is 25.4. The Labute approximate surface area is 201 Å². The molecule has 0 radical (unpaired) electrons. The molecule has 2 N–H and O–H groups in total. The van der Waals surface area contributed by atoms with Crippen LogP contribution in [0.1, 0.15) is 21.5 Å². The predicted molar refractivity (Wildman–Crippen MR) is 126 cm³/mol. The summed E-state index contributed by atoms with van der Waals surface area (Å²) in [6.45, 7) is -2.30. The van der Waals surface area contributed by atoms with E-state index in [0.717, 1.165) is 5.56 Å². The molecule has 2 aromatic carbocycles. The number of hydrogen-bond acceptors (Lipinski definition) is 5. The number of carbonyl (C=O) groups is 1. The Morgan fingerprint density at radius 3 is 2.34 bits per heavy atom. The molecule has 1 amide bonds. The maximum atomic E-state index is 12.8. The van der Waals surface area contributed by atoms with Crippen molar-refractivity contribution in [2.45, 2.75) is 19.7 Å². The van der Waals surface area contributed by atoms with Gasteiger partial charge in [0, 0.05) is 51.4 Å². The molecule has 0 atom stereocenters. The van der Waals surface area contributed by atoms with Gasteiger partial charge in [0.2, 0.25) is 6.79 Å². The number of nitrogens with one attached hydrogen (secondary N) is 2. The van der Waals surface area contributed by atoms with Crippen LogP contribution in [-0.2, 0) is 13.1 Å². The first-order chi connectivity index (χ1) is 14.9.